The maximum atomic E-state index is 12.7. The Labute approximate surface area is 286 Å². The van der Waals surface area contributed by atoms with Crippen molar-refractivity contribution in [1.29, 1.82) is 0 Å². The van der Waals surface area contributed by atoms with Gasteiger partial charge in [0, 0.05) is 25.0 Å². The summed E-state index contributed by atoms with van der Waals surface area (Å²) >= 11 is 10.1. The molecular formula is C28H50Br3N3O10. The van der Waals surface area contributed by atoms with E-state index in [0.717, 1.165) is 0 Å². The average Bonchev–Trinajstić information content (AvgIpc) is 2.93. The summed E-state index contributed by atoms with van der Waals surface area (Å²) in [5.41, 5.74) is -0.878. The van der Waals surface area contributed by atoms with Crippen molar-refractivity contribution in [2.24, 2.45) is 5.41 Å². The van der Waals surface area contributed by atoms with Crippen molar-refractivity contribution in [3.8, 4) is 0 Å². The van der Waals surface area contributed by atoms with E-state index in [2.05, 4.69) is 63.7 Å². The van der Waals surface area contributed by atoms with Gasteiger partial charge in [-0.05, 0) is 41.5 Å². The summed E-state index contributed by atoms with van der Waals surface area (Å²) in [6.45, 7) is 12.2. The highest BCUT2D eigenvalue weighted by Gasteiger charge is 2.37. The number of carbonyl (C=O) groups is 3. The van der Waals surface area contributed by atoms with Gasteiger partial charge in [-0.15, -0.1) is 0 Å². The Morgan fingerprint density at radius 3 is 1.41 bits per heavy atom. The number of halogens is 3. The fraction of sp³-hybridized carbons (Fsp3) is 0.821. The molecule has 16 heteroatoms. The molecule has 0 aliphatic carbocycles. The molecule has 5 N–H and O–H groups in total. The molecule has 0 spiro atoms. The van der Waals surface area contributed by atoms with Crippen LogP contribution in [0.2, 0.25) is 0 Å². The largest absolute Gasteiger partial charge is 0.496 e. The van der Waals surface area contributed by atoms with Crippen LogP contribution < -0.4 is 16.0 Å². The zero-order chi connectivity index (χ0) is 33.9. The first-order chi connectivity index (χ1) is 20.3. The Hall–Kier alpha value is -1.01. The SMILES string of the molecule is CC(C)(Br)C(=O)NCC(CNC(=O)C(C)(C)Br)(CNC(=O)C(C)(C)Br)COCCOCCOCCO/C=C/OCC(O)CO. The van der Waals surface area contributed by atoms with Crippen molar-refractivity contribution in [3.63, 3.8) is 0 Å². The van der Waals surface area contributed by atoms with Crippen molar-refractivity contribution >= 4 is 65.5 Å². The van der Waals surface area contributed by atoms with Crippen LogP contribution in [0.25, 0.3) is 0 Å². The van der Waals surface area contributed by atoms with Crippen molar-refractivity contribution in [2.45, 2.75) is 60.6 Å². The second-order valence-electron chi connectivity index (χ2n) is 11.6. The molecule has 1 atom stereocenters. The molecule has 258 valence electrons. The minimum atomic E-state index is -0.936. The van der Waals surface area contributed by atoms with Crippen molar-refractivity contribution < 1.29 is 48.3 Å². The zero-order valence-electron chi connectivity index (χ0n) is 26.5. The highest BCUT2D eigenvalue weighted by molar-refractivity contribution is 9.10. The van der Waals surface area contributed by atoms with Gasteiger partial charge in [-0.2, -0.15) is 0 Å². The van der Waals surface area contributed by atoms with Crippen LogP contribution in [0.5, 0.6) is 0 Å². The Bertz CT molecular complexity index is 800. The number of hydrogen-bond donors (Lipinski definition) is 5. The molecule has 0 aliphatic rings. The van der Waals surface area contributed by atoms with E-state index >= 15 is 0 Å². The van der Waals surface area contributed by atoms with Crippen molar-refractivity contribution in [1.82, 2.24) is 16.0 Å². The first-order valence-electron chi connectivity index (χ1n) is 14.2. The van der Waals surface area contributed by atoms with E-state index in [9.17, 15) is 14.4 Å². The lowest BCUT2D eigenvalue weighted by molar-refractivity contribution is -0.124. The van der Waals surface area contributed by atoms with E-state index in [-0.39, 0.29) is 70.4 Å². The van der Waals surface area contributed by atoms with Gasteiger partial charge in [0.25, 0.3) is 0 Å². The zero-order valence-corrected chi connectivity index (χ0v) is 31.3. The van der Waals surface area contributed by atoms with Gasteiger partial charge in [-0.3, -0.25) is 14.4 Å². The Morgan fingerprint density at radius 1 is 0.659 bits per heavy atom. The smallest absolute Gasteiger partial charge is 0.236 e. The predicted molar refractivity (Wildman–Crippen MR) is 177 cm³/mol. The van der Waals surface area contributed by atoms with Gasteiger partial charge in [0.1, 0.15) is 31.8 Å². The van der Waals surface area contributed by atoms with Crippen LogP contribution in [0.1, 0.15) is 41.5 Å². The molecule has 0 radical (unpaired) electrons. The van der Waals surface area contributed by atoms with E-state index in [1.165, 1.54) is 12.5 Å². The highest BCUT2D eigenvalue weighted by Crippen LogP contribution is 2.22. The summed E-state index contributed by atoms with van der Waals surface area (Å²) in [5, 5.41) is 26.6. The predicted octanol–water partition coefficient (Wildman–Crippen LogP) is 1.75. The third-order valence-electron chi connectivity index (χ3n) is 5.74. The number of carbonyl (C=O) groups excluding carboxylic acids is 3. The van der Waals surface area contributed by atoms with E-state index in [4.69, 9.17) is 33.9 Å². The van der Waals surface area contributed by atoms with Crippen molar-refractivity contribution in [3.05, 3.63) is 12.5 Å². The number of aliphatic hydroxyl groups is 2. The van der Waals surface area contributed by atoms with Crippen LogP contribution in [0.4, 0.5) is 0 Å². The monoisotopic (exact) mass is 825 g/mol. The molecule has 0 fully saturated rings. The van der Waals surface area contributed by atoms with Gasteiger partial charge >= 0.3 is 0 Å². The molecule has 0 aromatic rings. The molecule has 3 amide bonds. The van der Waals surface area contributed by atoms with Gasteiger partial charge in [0.05, 0.1) is 59.2 Å². The van der Waals surface area contributed by atoms with Gasteiger partial charge in [-0.25, -0.2) is 0 Å². The van der Waals surface area contributed by atoms with Crippen molar-refractivity contribution in [2.75, 3.05) is 79.1 Å². The van der Waals surface area contributed by atoms with Crippen LogP contribution in [0, 0.1) is 5.41 Å². The molecule has 0 aliphatic heterocycles. The first-order valence-corrected chi connectivity index (χ1v) is 16.5. The van der Waals surface area contributed by atoms with E-state index in [1.807, 2.05) is 0 Å². The molecule has 0 rings (SSSR count). The summed E-state index contributed by atoms with van der Waals surface area (Å²) < 4.78 is 24.6. The van der Waals surface area contributed by atoms with Crippen LogP contribution in [0.15, 0.2) is 12.5 Å². The maximum absolute atomic E-state index is 12.7. The molecule has 0 saturated heterocycles. The standard InChI is InChI=1S/C28H50Br3N3O10/c1-25(2,29)22(37)32-17-28(18-33-23(38)26(3,4)30,19-34-24(39)27(5,6)31)20-44-14-12-42-10-8-40-7-9-41-11-13-43-16-21(36)15-35/h11,13,21,35-36H,7-10,12,14-20H2,1-6H3,(H,32,37)(H,33,38)(H,34,39)/b13-11+. The fourth-order valence-electron chi connectivity index (χ4n) is 2.98. The van der Waals surface area contributed by atoms with Gasteiger partial charge < -0.3 is 49.8 Å². The minimum absolute atomic E-state index is 0.0287. The maximum Gasteiger partial charge on any atom is 0.236 e. The summed E-state index contributed by atoms with van der Waals surface area (Å²) in [4.78, 5) is 38.1. The number of amides is 3. The summed E-state index contributed by atoms with van der Waals surface area (Å²) in [6, 6.07) is 0. The van der Waals surface area contributed by atoms with Crippen LogP contribution in [0.3, 0.4) is 0 Å². The molecular weight excluding hydrogens is 778 g/mol. The quantitative estimate of drug-likeness (QED) is 0.0519. The van der Waals surface area contributed by atoms with Gasteiger partial charge in [0.2, 0.25) is 17.7 Å². The lowest BCUT2D eigenvalue weighted by atomic mass is 9.87. The minimum Gasteiger partial charge on any atom is -0.496 e. The number of aliphatic hydroxyl groups excluding tert-OH is 2. The van der Waals surface area contributed by atoms with Crippen LogP contribution in [-0.2, 0) is 38.1 Å². The number of nitrogens with one attached hydrogen (secondary N) is 3. The third kappa shape index (κ3) is 20.9. The molecule has 0 saturated carbocycles. The van der Waals surface area contributed by atoms with E-state index in [0.29, 0.717) is 26.4 Å². The lowest BCUT2D eigenvalue weighted by Crippen LogP contribution is -2.57. The number of hydrogen-bond acceptors (Lipinski definition) is 10. The molecule has 0 heterocycles. The van der Waals surface area contributed by atoms with E-state index in [1.54, 1.807) is 41.5 Å². The fourth-order valence-corrected chi connectivity index (χ4v) is 3.40. The Morgan fingerprint density at radius 2 is 1.02 bits per heavy atom. The first kappa shape index (κ1) is 43.0. The van der Waals surface area contributed by atoms with Gasteiger partial charge in [-0.1, -0.05) is 47.8 Å². The molecule has 13 nitrogen and oxygen atoms in total. The second kappa shape index (κ2) is 21.7. The molecule has 1 unspecified atom stereocenters. The molecule has 0 bridgehead atoms. The van der Waals surface area contributed by atoms with Gasteiger partial charge in [0.15, 0.2) is 0 Å². The lowest BCUT2D eigenvalue weighted by Gasteiger charge is -2.36. The molecule has 0 aromatic carbocycles. The Kier molecular flexibility index (Phi) is 21.2. The molecule has 44 heavy (non-hydrogen) atoms. The Balaban J connectivity index is 4.92. The topological polar surface area (TPSA) is 174 Å². The normalized spacial score (nSPS) is 13.4. The molecule has 0 aromatic heterocycles. The second-order valence-corrected chi connectivity index (χ2v) is 17.5. The average molecular weight is 828 g/mol. The summed E-state index contributed by atoms with van der Waals surface area (Å²) in [7, 11) is 0. The number of ether oxygens (including phenoxy) is 5. The summed E-state index contributed by atoms with van der Waals surface area (Å²) in [6.07, 6.45) is 1.67. The number of rotatable bonds is 25. The van der Waals surface area contributed by atoms with Crippen LogP contribution in [-0.4, -0.2) is 126 Å². The highest BCUT2D eigenvalue weighted by atomic mass is 79.9. The summed E-state index contributed by atoms with van der Waals surface area (Å²) in [5.74, 6) is -0.758. The van der Waals surface area contributed by atoms with E-state index < -0.39 is 24.5 Å². The number of alkyl halides is 3. The third-order valence-corrected chi connectivity index (χ3v) is 6.82. The van der Waals surface area contributed by atoms with Crippen LogP contribution >= 0.6 is 47.8 Å².